The van der Waals surface area contributed by atoms with E-state index in [0.29, 0.717) is 17.0 Å². The Balaban J connectivity index is 2.14. The second-order valence-corrected chi connectivity index (χ2v) is 5.77. The molecule has 1 amide bonds. The lowest BCUT2D eigenvalue weighted by Gasteiger charge is -2.14. The van der Waals surface area contributed by atoms with E-state index >= 15 is 0 Å². The number of hydrogen-bond acceptors (Lipinski definition) is 3. The molecule has 0 unspecified atom stereocenters. The van der Waals surface area contributed by atoms with Crippen LogP contribution in [0.1, 0.15) is 35.3 Å². The van der Waals surface area contributed by atoms with Gasteiger partial charge < -0.3 is 10.1 Å². The molecule has 1 N–H and O–H groups in total. The van der Waals surface area contributed by atoms with Crippen LogP contribution in [0.4, 0.5) is 5.69 Å². The number of carbonyl (C=O) groups excluding carboxylic acids is 2. The quantitative estimate of drug-likeness (QED) is 0.639. The van der Waals surface area contributed by atoms with Gasteiger partial charge in [0.15, 0.2) is 0 Å². The van der Waals surface area contributed by atoms with Crippen LogP contribution in [0.15, 0.2) is 48.5 Å². The molecular weight excluding hydrogens is 302 g/mol. The zero-order valence-electron chi connectivity index (χ0n) is 14.1. The third-order valence-corrected chi connectivity index (χ3v) is 3.26. The van der Waals surface area contributed by atoms with Crippen LogP contribution in [0.5, 0.6) is 5.75 Å². The van der Waals surface area contributed by atoms with Crippen molar-refractivity contribution in [3.05, 3.63) is 65.2 Å². The summed E-state index contributed by atoms with van der Waals surface area (Å²) in [6.07, 6.45) is 3.89. The summed E-state index contributed by atoms with van der Waals surface area (Å²) in [5, 5.41) is 2.76. The van der Waals surface area contributed by atoms with E-state index in [1.165, 1.54) is 6.08 Å². The van der Waals surface area contributed by atoms with Gasteiger partial charge in [-0.25, -0.2) is 0 Å². The highest BCUT2D eigenvalue weighted by molar-refractivity contribution is 6.03. The zero-order chi connectivity index (χ0) is 17.5. The number of aldehydes is 1. The Bertz CT molecular complexity index is 746. The van der Waals surface area contributed by atoms with Gasteiger partial charge in [0.25, 0.3) is 0 Å². The minimum atomic E-state index is -0.285. The number of benzene rings is 2. The normalized spacial score (nSPS) is 10.8. The van der Waals surface area contributed by atoms with E-state index in [1.807, 2.05) is 45.0 Å². The molecule has 0 aromatic heterocycles. The van der Waals surface area contributed by atoms with Gasteiger partial charge in [0.1, 0.15) is 12.0 Å². The molecule has 0 heterocycles. The van der Waals surface area contributed by atoms with E-state index < -0.39 is 0 Å². The van der Waals surface area contributed by atoms with Crippen molar-refractivity contribution in [2.45, 2.75) is 26.9 Å². The Hall–Kier alpha value is -2.88. The molecule has 0 bridgehead atoms. The fourth-order valence-electron chi connectivity index (χ4n) is 2.10. The average Bonchev–Trinajstić information content (AvgIpc) is 2.55. The summed E-state index contributed by atoms with van der Waals surface area (Å²) >= 11 is 0. The first-order valence-electron chi connectivity index (χ1n) is 7.79. The zero-order valence-corrected chi connectivity index (χ0v) is 14.1. The van der Waals surface area contributed by atoms with Gasteiger partial charge in [-0.2, -0.15) is 0 Å². The molecule has 4 nitrogen and oxygen atoms in total. The van der Waals surface area contributed by atoms with Crippen LogP contribution in [0.25, 0.3) is 6.08 Å². The lowest BCUT2D eigenvalue weighted by atomic mass is 10.1. The molecular formula is C20H21NO3. The van der Waals surface area contributed by atoms with Crippen LogP contribution in [-0.2, 0) is 4.79 Å². The highest BCUT2D eigenvalue weighted by atomic mass is 16.5. The Morgan fingerprint density at radius 2 is 1.75 bits per heavy atom. The van der Waals surface area contributed by atoms with Crippen molar-refractivity contribution in [3.8, 4) is 5.75 Å². The summed E-state index contributed by atoms with van der Waals surface area (Å²) in [7, 11) is 0. The maximum Gasteiger partial charge on any atom is 0.248 e. The van der Waals surface area contributed by atoms with Crippen LogP contribution in [-0.4, -0.2) is 18.3 Å². The van der Waals surface area contributed by atoms with Gasteiger partial charge >= 0.3 is 0 Å². The summed E-state index contributed by atoms with van der Waals surface area (Å²) in [4.78, 5) is 23.1. The number of ether oxygens (including phenoxy) is 1. The molecule has 4 heteroatoms. The first kappa shape index (κ1) is 17.5. The van der Waals surface area contributed by atoms with Gasteiger partial charge in [0, 0.05) is 11.6 Å². The molecule has 124 valence electrons. The maximum absolute atomic E-state index is 12.1. The third kappa shape index (κ3) is 5.09. The second kappa shape index (κ2) is 8.11. The van der Waals surface area contributed by atoms with E-state index in [0.717, 1.165) is 17.4 Å². The van der Waals surface area contributed by atoms with Crippen molar-refractivity contribution < 1.29 is 14.3 Å². The first-order valence-corrected chi connectivity index (χ1v) is 7.79. The molecule has 0 aliphatic heterocycles. The molecule has 0 radical (unpaired) electrons. The summed E-state index contributed by atoms with van der Waals surface area (Å²) in [5.41, 5.74) is 3.06. The van der Waals surface area contributed by atoms with Crippen LogP contribution in [0.2, 0.25) is 0 Å². The average molecular weight is 323 g/mol. The SMILES string of the molecule is Cc1ccc(/C=C/C(=O)Nc2cc(C=O)ccc2OC(C)C)cc1. The van der Waals surface area contributed by atoms with E-state index in [-0.39, 0.29) is 12.0 Å². The lowest BCUT2D eigenvalue weighted by Crippen LogP contribution is -2.12. The fourth-order valence-corrected chi connectivity index (χ4v) is 2.10. The summed E-state index contributed by atoms with van der Waals surface area (Å²) in [5.74, 6) is 0.250. The third-order valence-electron chi connectivity index (χ3n) is 3.26. The summed E-state index contributed by atoms with van der Waals surface area (Å²) in [6.45, 7) is 5.81. The molecule has 2 aromatic carbocycles. The van der Waals surface area contributed by atoms with Gasteiger partial charge in [-0.3, -0.25) is 9.59 Å². The first-order chi connectivity index (χ1) is 11.5. The molecule has 0 atom stereocenters. The van der Waals surface area contributed by atoms with Crippen LogP contribution < -0.4 is 10.1 Å². The monoisotopic (exact) mass is 323 g/mol. The van der Waals surface area contributed by atoms with Crippen molar-refractivity contribution in [3.63, 3.8) is 0 Å². The van der Waals surface area contributed by atoms with Gasteiger partial charge in [-0.05, 0) is 50.6 Å². The standard InChI is InChI=1S/C20H21NO3/c1-14(2)24-19-10-8-17(13-22)12-18(19)21-20(23)11-9-16-6-4-15(3)5-7-16/h4-14H,1-3H3,(H,21,23)/b11-9+. The van der Waals surface area contributed by atoms with Crippen LogP contribution in [0, 0.1) is 6.92 Å². The highest BCUT2D eigenvalue weighted by Gasteiger charge is 2.09. The topological polar surface area (TPSA) is 55.4 Å². The predicted octanol–water partition coefficient (Wildman–Crippen LogP) is 4.25. The number of amides is 1. The van der Waals surface area contributed by atoms with Gasteiger partial charge in [-0.15, -0.1) is 0 Å². The smallest absolute Gasteiger partial charge is 0.248 e. The van der Waals surface area contributed by atoms with E-state index in [9.17, 15) is 9.59 Å². The maximum atomic E-state index is 12.1. The van der Waals surface area contributed by atoms with Crippen molar-refractivity contribution in [2.24, 2.45) is 0 Å². The van der Waals surface area contributed by atoms with Crippen molar-refractivity contribution in [1.82, 2.24) is 0 Å². The number of nitrogens with one attached hydrogen (secondary N) is 1. The van der Waals surface area contributed by atoms with Crippen molar-refractivity contribution in [1.29, 1.82) is 0 Å². The van der Waals surface area contributed by atoms with Gasteiger partial charge in [0.2, 0.25) is 5.91 Å². The summed E-state index contributed by atoms with van der Waals surface area (Å²) < 4.78 is 5.67. The van der Waals surface area contributed by atoms with Crippen molar-refractivity contribution in [2.75, 3.05) is 5.32 Å². The number of anilines is 1. The lowest BCUT2D eigenvalue weighted by molar-refractivity contribution is -0.111. The highest BCUT2D eigenvalue weighted by Crippen LogP contribution is 2.26. The van der Waals surface area contributed by atoms with Crippen LogP contribution >= 0.6 is 0 Å². The Kier molecular flexibility index (Phi) is 5.90. The van der Waals surface area contributed by atoms with Gasteiger partial charge in [0.05, 0.1) is 11.8 Å². The number of aryl methyl sites for hydroxylation is 1. The molecule has 0 saturated carbocycles. The van der Waals surface area contributed by atoms with Crippen LogP contribution in [0.3, 0.4) is 0 Å². The second-order valence-electron chi connectivity index (χ2n) is 5.77. The Morgan fingerprint density at radius 3 is 2.38 bits per heavy atom. The summed E-state index contributed by atoms with van der Waals surface area (Å²) in [6, 6.07) is 12.8. The molecule has 0 saturated heterocycles. The Labute approximate surface area is 142 Å². The number of carbonyl (C=O) groups is 2. The van der Waals surface area contributed by atoms with Gasteiger partial charge in [-0.1, -0.05) is 29.8 Å². The molecule has 0 aliphatic rings. The minimum Gasteiger partial charge on any atom is -0.489 e. The Morgan fingerprint density at radius 1 is 1.08 bits per heavy atom. The molecule has 24 heavy (non-hydrogen) atoms. The molecule has 2 rings (SSSR count). The molecule has 0 fully saturated rings. The fraction of sp³-hybridized carbons (Fsp3) is 0.200. The number of hydrogen-bond donors (Lipinski definition) is 1. The van der Waals surface area contributed by atoms with E-state index in [4.69, 9.17) is 4.74 Å². The molecule has 2 aromatic rings. The molecule has 0 spiro atoms. The minimum absolute atomic E-state index is 0.0363. The molecule has 0 aliphatic carbocycles. The number of rotatable bonds is 6. The van der Waals surface area contributed by atoms with E-state index in [1.54, 1.807) is 24.3 Å². The largest absolute Gasteiger partial charge is 0.489 e. The van der Waals surface area contributed by atoms with Crippen molar-refractivity contribution >= 4 is 24.0 Å². The predicted molar refractivity (Wildman–Crippen MR) is 96.4 cm³/mol. The van der Waals surface area contributed by atoms with E-state index in [2.05, 4.69) is 5.32 Å².